The van der Waals surface area contributed by atoms with Gasteiger partial charge in [-0.05, 0) is 194 Å². The van der Waals surface area contributed by atoms with Crippen LogP contribution in [0, 0.1) is 37.3 Å². The van der Waals surface area contributed by atoms with Crippen LogP contribution in [0.25, 0.3) is 11.4 Å². The minimum atomic E-state index is -0.589. The van der Waals surface area contributed by atoms with Crippen LogP contribution in [0.5, 0.6) is 0 Å². The average Bonchev–Trinajstić information content (AvgIpc) is 4.43. The predicted octanol–water partition coefficient (Wildman–Crippen LogP) is 12.1. The normalized spacial score (nSPS) is 17.3. The maximum atomic E-state index is 15.3. The van der Waals surface area contributed by atoms with Crippen molar-refractivity contribution in [2.75, 3.05) is 66.5 Å². The van der Waals surface area contributed by atoms with Crippen molar-refractivity contribution in [2.45, 2.75) is 142 Å². The number of halogens is 3. The number of amides is 1. The van der Waals surface area contributed by atoms with Crippen LogP contribution in [0.15, 0.2) is 97.1 Å². The Bertz CT molecular complexity index is 3180. The molecule has 0 spiro atoms. The number of aromatic nitrogens is 4. The fourth-order valence-corrected chi connectivity index (χ4v) is 11.8. The maximum Gasteiger partial charge on any atom is 0.407 e. The fourth-order valence-electron chi connectivity index (χ4n) is 11.8. The van der Waals surface area contributed by atoms with Crippen LogP contribution < -0.4 is 11.1 Å². The first kappa shape index (κ1) is 63.9. The number of alkyl carbamates (subject to hydrolysis) is 1. The summed E-state index contributed by atoms with van der Waals surface area (Å²) >= 11 is 0. The second-order valence-electron chi connectivity index (χ2n) is 24.9. The molecule has 2 aromatic heterocycles. The number of nitrogens with zero attached hydrogens (tertiary/aromatic N) is 8. The number of nitrogens with two attached hydrogens (primary N) is 1. The summed E-state index contributed by atoms with van der Waals surface area (Å²) in [5, 5.41) is 11.9. The van der Waals surface area contributed by atoms with E-state index in [2.05, 4.69) is 49.2 Å². The van der Waals surface area contributed by atoms with Crippen LogP contribution in [-0.2, 0) is 30.7 Å². The van der Waals surface area contributed by atoms with E-state index in [0.29, 0.717) is 40.4 Å². The van der Waals surface area contributed by atoms with Gasteiger partial charge < -0.3 is 25.6 Å². The molecule has 2 aliphatic heterocycles. The zero-order chi connectivity index (χ0) is 58.8. The van der Waals surface area contributed by atoms with Gasteiger partial charge in [0.05, 0.1) is 22.8 Å². The Balaban J connectivity index is 0.000000219. The van der Waals surface area contributed by atoms with E-state index >= 15 is 8.78 Å². The molecule has 84 heavy (non-hydrogen) atoms. The third-order valence-electron chi connectivity index (χ3n) is 16.7. The topological polar surface area (TPSA) is 147 Å². The average molecular weight is 1170 g/mol. The van der Waals surface area contributed by atoms with Gasteiger partial charge in [0.15, 0.2) is 11.6 Å². The number of carbonyl (C=O) groups is 3. The molecule has 0 bridgehead atoms. The van der Waals surface area contributed by atoms with E-state index < -0.39 is 11.7 Å². The molecule has 3 N–H and O–H groups in total. The van der Waals surface area contributed by atoms with Crippen LogP contribution in [0.4, 0.5) is 13.6 Å². The lowest BCUT2D eigenvalue weighted by atomic mass is 9.95. The van der Waals surface area contributed by atoms with Crippen molar-refractivity contribution in [2.24, 2.45) is 17.6 Å². The Morgan fingerprint density at radius 3 is 1.51 bits per heavy atom. The van der Waals surface area contributed by atoms with E-state index in [1.165, 1.54) is 44.6 Å². The van der Waals surface area contributed by atoms with Crippen molar-refractivity contribution < 1.29 is 27.9 Å². The number of ketones is 2. The van der Waals surface area contributed by atoms with E-state index in [9.17, 15) is 14.4 Å². The molecule has 4 fully saturated rings. The van der Waals surface area contributed by atoms with Crippen LogP contribution in [0.1, 0.15) is 163 Å². The highest BCUT2D eigenvalue weighted by atomic mass is 35.5. The van der Waals surface area contributed by atoms with Gasteiger partial charge in [-0.25, -0.2) is 22.9 Å². The lowest BCUT2D eigenvalue weighted by molar-refractivity contribution is 0.0523. The lowest BCUT2D eigenvalue weighted by Gasteiger charge is -2.31. The summed E-state index contributed by atoms with van der Waals surface area (Å²) in [5.41, 5.74) is 13.9. The largest absolute Gasteiger partial charge is 0.444 e. The molecular weight excluding hydrogens is 1080 g/mol. The Hall–Kier alpha value is -6.14. The van der Waals surface area contributed by atoms with Gasteiger partial charge >= 0.3 is 6.09 Å². The molecule has 6 aromatic rings. The number of nitrogens with one attached hydrogen (secondary N) is 1. The zero-order valence-electron chi connectivity index (χ0n) is 50.6. The second kappa shape index (κ2) is 29.3. The van der Waals surface area contributed by atoms with Gasteiger partial charge in [0.25, 0.3) is 0 Å². The Morgan fingerprint density at radius 2 is 1.07 bits per heavy atom. The van der Waals surface area contributed by atoms with Gasteiger partial charge in [0.1, 0.15) is 28.6 Å². The van der Waals surface area contributed by atoms with E-state index in [1.54, 1.807) is 27.6 Å². The summed E-state index contributed by atoms with van der Waals surface area (Å²) in [5.74, 6) is 0.627. The number of ether oxygens (including phenoxy) is 1. The third kappa shape index (κ3) is 18.0. The van der Waals surface area contributed by atoms with Crippen molar-refractivity contribution in [3.05, 3.63) is 165 Å². The molecule has 1 amide bonds. The highest BCUT2D eigenvalue weighted by Crippen LogP contribution is 2.40. The van der Waals surface area contributed by atoms with Crippen LogP contribution >= 0.6 is 12.4 Å². The van der Waals surface area contributed by atoms with Gasteiger partial charge in [-0.2, -0.15) is 10.2 Å². The van der Waals surface area contributed by atoms with E-state index in [-0.39, 0.29) is 67.1 Å². The van der Waals surface area contributed by atoms with Gasteiger partial charge in [-0.15, -0.1) is 12.4 Å². The third-order valence-corrected chi connectivity index (χ3v) is 16.7. The maximum absolute atomic E-state index is 15.3. The van der Waals surface area contributed by atoms with Crippen molar-refractivity contribution in [3.63, 3.8) is 0 Å². The molecule has 2 saturated heterocycles. The smallest absolute Gasteiger partial charge is 0.407 e. The lowest BCUT2D eigenvalue weighted by Crippen LogP contribution is -2.33. The Labute approximate surface area is 502 Å². The highest BCUT2D eigenvalue weighted by molar-refractivity contribution is 5.97. The molecule has 452 valence electrons. The number of likely N-dealkylation sites (N-methyl/N-ethyl adjacent to an activating group) is 2. The standard InChI is InChI=1S/C36H48FN5O3.C31H40FN5O.ClH/c1-25-20-33(42(39-25)30-9-6-8-27(21-30)24-38-35(44)45-36(2,3)4)34(43)23-29-22-28(13-14-31(29)37)32(15-12-26-10-11-26)41-17-7-16-40(5)18-19-41;1-22-17-30(37(34-22)27-6-3-5-24(18-27)21-33)31(38)20-26-19-25(10-11-28(26)32)29(12-9-23-7-8-23)36-14-4-13-35(2)15-16-36;/h6,8-9,13-14,20-22,26,32H,7,10-12,15-19,23-24H2,1-5H3,(H,38,44);3,5-6,10-11,17-19,23,29H,4,7-9,12-16,20-21,33H2,1-2H3;1H. The molecule has 17 heteroatoms. The summed E-state index contributed by atoms with van der Waals surface area (Å²) in [7, 11) is 4.36. The van der Waals surface area contributed by atoms with Gasteiger partial charge in [-0.3, -0.25) is 19.4 Å². The van der Waals surface area contributed by atoms with E-state index in [0.717, 1.165) is 124 Å². The quantitative estimate of drug-likeness (QED) is 0.0664. The number of benzene rings is 4. The number of Topliss-reactive ketones (excluding diaryl/α,β-unsaturated/α-hetero) is 2. The summed E-state index contributed by atoms with van der Waals surface area (Å²) < 4.78 is 39.0. The summed E-state index contributed by atoms with van der Waals surface area (Å²) in [6.07, 6.45) is 11.5. The van der Waals surface area contributed by atoms with Gasteiger partial charge in [0.2, 0.25) is 0 Å². The van der Waals surface area contributed by atoms with Crippen molar-refractivity contribution >= 4 is 30.1 Å². The molecular formula is C67H89ClF2N10O4. The van der Waals surface area contributed by atoms with Crippen LogP contribution in [-0.4, -0.2) is 129 Å². The van der Waals surface area contributed by atoms with Crippen LogP contribution in [0.3, 0.4) is 0 Å². The minimum absolute atomic E-state index is 0. The number of rotatable bonds is 21. The molecule has 0 radical (unpaired) electrons. The van der Waals surface area contributed by atoms with Crippen molar-refractivity contribution in [1.29, 1.82) is 0 Å². The first-order chi connectivity index (χ1) is 39.9. The predicted molar refractivity (Wildman–Crippen MR) is 330 cm³/mol. The molecule has 4 heterocycles. The molecule has 4 aromatic carbocycles. The van der Waals surface area contributed by atoms with Gasteiger partial charge in [0, 0.05) is 77.3 Å². The fraction of sp³-hybridized carbons (Fsp3) is 0.507. The summed E-state index contributed by atoms with van der Waals surface area (Å²) in [6, 6.07) is 30.0. The van der Waals surface area contributed by atoms with Crippen molar-refractivity contribution in [3.8, 4) is 11.4 Å². The monoisotopic (exact) mass is 1170 g/mol. The van der Waals surface area contributed by atoms with E-state index in [4.69, 9.17) is 10.5 Å². The number of hydrogen-bond acceptors (Lipinski definition) is 11. The first-order valence-corrected chi connectivity index (χ1v) is 30.3. The molecule has 14 nitrogen and oxygen atoms in total. The van der Waals surface area contributed by atoms with Crippen molar-refractivity contribution in [1.82, 2.24) is 44.5 Å². The number of carbonyl (C=O) groups excluding carboxylic acids is 3. The molecule has 2 saturated carbocycles. The molecule has 4 aliphatic rings. The number of aryl methyl sites for hydroxylation is 2. The molecule has 2 atom stereocenters. The SMILES string of the molecule is Cc1cc(C(=O)Cc2cc(C(CCC3CC3)N3CCCN(C)CC3)ccc2F)n(-c2cccc(CN)c2)n1.Cc1cc(C(=O)Cc2cc(C(CCC3CC3)N3CCCN(C)CC3)ccc2F)n(-c2cccc(CNC(=O)OC(C)(C)C)c2)n1.Cl. The zero-order valence-corrected chi connectivity index (χ0v) is 51.4. The Kier molecular flexibility index (Phi) is 22.3. The van der Waals surface area contributed by atoms with Gasteiger partial charge in [-0.1, -0.05) is 74.2 Å². The van der Waals surface area contributed by atoms with E-state index in [1.807, 2.05) is 107 Å². The summed E-state index contributed by atoms with van der Waals surface area (Å²) in [4.78, 5) is 49.4. The number of hydrogen-bond donors (Lipinski definition) is 2. The first-order valence-electron chi connectivity index (χ1n) is 30.3. The second-order valence-corrected chi connectivity index (χ2v) is 24.9. The molecule has 2 aliphatic carbocycles. The minimum Gasteiger partial charge on any atom is -0.444 e. The molecule has 2 unspecified atom stereocenters. The van der Waals surface area contributed by atoms with Crippen LogP contribution in [0.2, 0.25) is 0 Å². The summed E-state index contributed by atoms with van der Waals surface area (Å²) in [6.45, 7) is 18.2. The molecule has 10 rings (SSSR count). The Morgan fingerprint density at radius 1 is 0.619 bits per heavy atom. The highest BCUT2D eigenvalue weighted by Gasteiger charge is 2.31.